The van der Waals surface area contributed by atoms with Gasteiger partial charge in [0, 0.05) is 0 Å². The molecule has 0 saturated heterocycles. The van der Waals surface area contributed by atoms with Crippen molar-refractivity contribution in [2.45, 2.75) is 25.4 Å². The minimum atomic E-state index is -3.69. The highest BCUT2D eigenvalue weighted by Crippen LogP contribution is 2.40. The summed E-state index contributed by atoms with van der Waals surface area (Å²) in [5, 5.41) is 9.26. The van der Waals surface area contributed by atoms with Crippen LogP contribution in [0.5, 0.6) is 0 Å². The van der Waals surface area contributed by atoms with Crippen LogP contribution in [0.1, 0.15) is 19.4 Å². The molecule has 3 N–H and O–H groups in total. The van der Waals surface area contributed by atoms with Crippen molar-refractivity contribution in [3.63, 3.8) is 0 Å². The molecule has 2 nitrogen and oxygen atoms in total. The fraction of sp³-hybridized carbons (Fsp3) is 0.400. The Hall–Kier alpha value is -1.23. The molecule has 0 saturated carbocycles. The Balaban J connectivity index is 3.34. The highest BCUT2D eigenvalue weighted by Gasteiger charge is 2.48. The van der Waals surface area contributed by atoms with Crippen LogP contribution in [-0.2, 0) is 5.92 Å². The SMILES string of the molecule is CC(C)(O)C(F)(F)c1cccc(N)c1F. The first-order valence-corrected chi connectivity index (χ1v) is 4.32. The Morgan fingerprint density at radius 1 is 1.27 bits per heavy atom. The molecule has 1 aromatic rings. The van der Waals surface area contributed by atoms with Gasteiger partial charge in [-0.3, -0.25) is 0 Å². The van der Waals surface area contributed by atoms with Crippen molar-refractivity contribution in [3.8, 4) is 0 Å². The largest absolute Gasteiger partial charge is 0.396 e. The number of hydrogen-bond donors (Lipinski definition) is 2. The Morgan fingerprint density at radius 3 is 2.27 bits per heavy atom. The molecule has 0 fully saturated rings. The Labute approximate surface area is 85.5 Å². The summed E-state index contributed by atoms with van der Waals surface area (Å²) in [6.07, 6.45) is 0. The molecule has 84 valence electrons. The summed E-state index contributed by atoms with van der Waals surface area (Å²) in [5.41, 5.74) is 1.57. The molecule has 0 aliphatic heterocycles. The molecule has 0 spiro atoms. The predicted molar refractivity (Wildman–Crippen MR) is 51.0 cm³/mol. The van der Waals surface area contributed by atoms with Crippen molar-refractivity contribution < 1.29 is 18.3 Å². The van der Waals surface area contributed by atoms with E-state index in [4.69, 9.17) is 5.73 Å². The van der Waals surface area contributed by atoms with Crippen LogP contribution in [0.2, 0.25) is 0 Å². The first kappa shape index (κ1) is 11.8. The number of anilines is 1. The van der Waals surface area contributed by atoms with Crippen LogP contribution in [0.15, 0.2) is 18.2 Å². The molecule has 0 aliphatic rings. The summed E-state index contributed by atoms with van der Waals surface area (Å²) < 4.78 is 40.4. The number of alkyl halides is 2. The van der Waals surface area contributed by atoms with Gasteiger partial charge in [-0.25, -0.2) is 4.39 Å². The van der Waals surface area contributed by atoms with Gasteiger partial charge < -0.3 is 10.8 Å². The number of halogens is 3. The van der Waals surface area contributed by atoms with Crippen molar-refractivity contribution in [1.29, 1.82) is 0 Å². The summed E-state index contributed by atoms with van der Waals surface area (Å²) >= 11 is 0. The lowest BCUT2D eigenvalue weighted by Gasteiger charge is -2.29. The molecular weight excluding hydrogens is 207 g/mol. The second-order valence-corrected chi connectivity index (χ2v) is 3.84. The van der Waals surface area contributed by atoms with E-state index in [-0.39, 0.29) is 5.69 Å². The van der Waals surface area contributed by atoms with Gasteiger partial charge in [-0.05, 0) is 26.0 Å². The predicted octanol–water partition coefficient (Wildman–Crippen LogP) is 2.27. The van der Waals surface area contributed by atoms with E-state index in [1.165, 1.54) is 12.1 Å². The van der Waals surface area contributed by atoms with E-state index in [2.05, 4.69) is 0 Å². The molecule has 0 amide bonds. The fourth-order valence-corrected chi connectivity index (χ4v) is 1.12. The first-order valence-electron chi connectivity index (χ1n) is 4.32. The molecule has 0 heterocycles. The van der Waals surface area contributed by atoms with Gasteiger partial charge in [-0.15, -0.1) is 0 Å². The molecule has 5 heteroatoms. The summed E-state index contributed by atoms with van der Waals surface area (Å²) in [4.78, 5) is 0. The number of rotatable bonds is 2. The van der Waals surface area contributed by atoms with Gasteiger partial charge in [-0.1, -0.05) is 6.07 Å². The van der Waals surface area contributed by atoms with Crippen LogP contribution < -0.4 is 5.73 Å². The molecule has 0 bridgehead atoms. The highest BCUT2D eigenvalue weighted by atomic mass is 19.3. The van der Waals surface area contributed by atoms with Gasteiger partial charge in [-0.2, -0.15) is 8.78 Å². The minimum absolute atomic E-state index is 0.364. The molecule has 0 atom stereocenters. The quantitative estimate of drug-likeness (QED) is 0.749. The molecule has 0 aliphatic carbocycles. The number of aliphatic hydroxyl groups is 1. The van der Waals surface area contributed by atoms with E-state index < -0.39 is 22.9 Å². The third-order valence-electron chi connectivity index (χ3n) is 2.14. The summed E-state index contributed by atoms with van der Waals surface area (Å²) in [6, 6.07) is 3.30. The van der Waals surface area contributed by atoms with Crippen LogP contribution in [0, 0.1) is 5.82 Å². The lowest BCUT2D eigenvalue weighted by molar-refractivity contribution is -0.170. The van der Waals surface area contributed by atoms with Crippen molar-refractivity contribution in [3.05, 3.63) is 29.6 Å². The van der Waals surface area contributed by atoms with Gasteiger partial charge in [0.25, 0.3) is 0 Å². The monoisotopic (exact) mass is 219 g/mol. The van der Waals surface area contributed by atoms with E-state index in [0.29, 0.717) is 0 Å². The van der Waals surface area contributed by atoms with Crippen LogP contribution in [0.25, 0.3) is 0 Å². The highest BCUT2D eigenvalue weighted by molar-refractivity contribution is 5.44. The minimum Gasteiger partial charge on any atom is -0.396 e. The van der Waals surface area contributed by atoms with E-state index in [0.717, 1.165) is 19.9 Å². The number of nitrogen functional groups attached to an aromatic ring is 1. The maximum Gasteiger partial charge on any atom is 0.303 e. The lowest BCUT2D eigenvalue weighted by atomic mass is 9.93. The van der Waals surface area contributed by atoms with E-state index in [1.807, 2.05) is 0 Å². The zero-order chi connectivity index (χ0) is 11.9. The number of nitrogens with two attached hydrogens (primary N) is 1. The van der Waals surface area contributed by atoms with Crippen molar-refractivity contribution in [1.82, 2.24) is 0 Å². The van der Waals surface area contributed by atoms with Gasteiger partial charge in [0.2, 0.25) is 0 Å². The third kappa shape index (κ3) is 1.92. The number of hydrogen-bond acceptors (Lipinski definition) is 2. The normalized spacial score (nSPS) is 12.9. The van der Waals surface area contributed by atoms with Gasteiger partial charge in [0.05, 0.1) is 11.3 Å². The maximum absolute atomic E-state index is 13.6. The first-order chi connectivity index (χ1) is 6.68. The van der Waals surface area contributed by atoms with E-state index in [9.17, 15) is 18.3 Å². The zero-order valence-corrected chi connectivity index (χ0v) is 8.39. The molecule has 0 radical (unpaired) electrons. The third-order valence-corrected chi connectivity index (χ3v) is 2.14. The topological polar surface area (TPSA) is 46.2 Å². The zero-order valence-electron chi connectivity index (χ0n) is 8.39. The van der Waals surface area contributed by atoms with Gasteiger partial charge in [0.1, 0.15) is 5.60 Å². The summed E-state index contributed by atoms with van der Waals surface area (Å²) in [5.74, 6) is -4.88. The Morgan fingerprint density at radius 2 is 1.80 bits per heavy atom. The van der Waals surface area contributed by atoms with Crippen molar-refractivity contribution in [2.75, 3.05) is 5.73 Å². The summed E-state index contributed by atoms with van der Waals surface area (Å²) in [6.45, 7) is 1.82. The van der Waals surface area contributed by atoms with Crippen LogP contribution in [0.4, 0.5) is 18.9 Å². The van der Waals surface area contributed by atoms with Gasteiger partial charge in [0.15, 0.2) is 5.82 Å². The Kier molecular flexibility index (Phi) is 2.69. The fourth-order valence-electron chi connectivity index (χ4n) is 1.12. The average molecular weight is 219 g/mol. The average Bonchev–Trinajstić information content (AvgIpc) is 2.07. The summed E-state index contributed by atoms with van der Waals surface area (Å²) in [7, 11) is 0. The maximum atomic E-state index is 13.6. The van der Waals surface area contributed by atoms with Gasteiger partial charge >= 0.3 is 5.92 Å². The molecular formula is C10H12F3NO. The second kappa shape index (κ2) is 3.41. The molecule has 0 unspecified atom stereocenters. The van der Waals surface area contributed by atoms with Crippen molar-refractivity contribution >= 4 is 5.69 Å². The van der Waals surface area contributed by atoms with E-state index >= 15 is 0 Å². The molecule has 0 aromatic heterocycles. The molecule has 15 heavy (non-hydrogen) atoms. The second-order valence-electron chi connectivity index (χ2n) is 3.84. The molecule has 1 rings (SSSR count). The van der Waals surface area contributed by atoms with E-state index in [1.54, 1.807) is 0 Å². The lowest BCUT2D eigenvalue weighted by Crippen LogP contribution is -2.40. The van der Waals surface area contributed by atoms with Crippen molar-refractivity contribution in [2.24, 2.45) is 0 Å². The number of benzene rings is 1. The van der Waals surface area contributed by atoms with Crippen LogP contribution >= 0.6 is 0 Å². The molecule has 1 aromatic carbocycles. The Bertz CT molecular complexity index is 371. The smallest absolute Gasteiger partial charge is 0.303 e. The van der Waals surface area contributed by atoms with Crippen LogP contribution in [-0.4, -0.2) is 10.7 Å². The standard InChI is InChI=1S/C10H12F3NO/c1-9(2,15)10(12,13)6-4-3-5-7(14)8(6)11/h3-5,15H,14H2,1-2H3. The van der Waals surface area contributed by atoms with Crippen LogP contribution in [0.3, 0.4) is 0 Å².